The molecule has 0 bridgehead atoms. The van der Waals surface area contributed by atoms with E-state index in [0.29, 0.717) is 5.56 Å². The smallest absolute Gasteiger partial charge is 0.337 e. The van der Waals surface area contributed by atoms with Crippen molar-refractivity contribution in [2.24, 2.45) is 0 Å². The van der Waals surface area contributed by atoms with E-state index in [4.69, 9.17) is 4.74 Å². The second kappa shape index (κ2) is 6.14. The average molecular weight is 271 g/mol. The lowest BCUT2D eigenvalue weighted by atomic mass is 10.1. The number of anilines is 1. The Morgan fingerprint density at radius 3 is 2.75 bits per heavy atom. The maximum Gasteiger partial charge on any atom is 0.337 e. The number of methoxy groups -OCH3 is 1. The number of hydrogen-bond donors (Lipinski definition) is 1. The number of hydrogen-bond acceptors (Lipinski definition) is 5. The Kier molecular flexibility index (Phi) is 4.30. The summed E-state index contributed by atoms with van der Waals surface area (Å²) in [6.07, 6.45) is 5.04. The third kappa shape index (κ3) is 3.12. The van der Waals surface area contributed by atoms with Crippen LogP contribution in [-0.2, 0) is 4.74 Å². The minimum absolute atomic E-state index is 0.0337. The van der Waals surface area contributed by atoms with Crippen LogP contribution in [0.25, 0.3) is 0 Å². The molecule has 0 saturated heterocycles. The highest BCUT2D eigenvalue weighted by Crippen LogP contribution is 2.22. The summed E-state index contributed by atoms with van der Waals surface area (Å²) >= 11 is 0. The van der Waals surface area contributed by atoms with E-state index in [2.05, 4.69) is 15.3 Å². The molecular weight excluding hydrogens is 254 g/mol. The highest BCUT2D eigenvalue weighted by molar-refractivity contribution is 5.90. The first kappa shape index (κ1) is 14.0. The number of nitrogens with one attached hydrogen (secondary N) is 1. The zero-order chi connectivity index (χ0) is 14.5. The maximum atomic E-state index is 11.5. The van der Waals surface area contributed by atoms with Crippen molar-refractivity contribution < 1.29 is 9.53 Å². The van der Waals surface area contributed by atoms with Crippen molar-refractivity contribution in [3.63, 3.8) is 0 Å². The first-order valence-electron chi connectivity index (χ1n) is 6.33. The van der Waals surface area contributed by atoms with Gasteiger partial charge in [0.1, 0.15) is 0 Å². The first-order chi connectivity index (χ1) is 9.61. The summed E-state index contributed by atoms with van der Waals surface area (Å²) in [5.41, 5.74) is 3.34. The molecule has 0 saturated carbocycles. The summed E-state index contributed by atoms with van der Waals surface area (Å²) in [6.45, 7) is 3.95. The molecule has 2 aromatic rings. The number of rotatable bonds is 4. The number of nitrogens with zero attached hydrogens (tertiary/aromatic N) is 2. The molecule has 0 aliphatic carbocycles. The molecule has 20 heavy (non-hydrogen) atoms. The summed E-state index contributed by atoms with van der Waals surface area (Å²) in [4.78, 5) is 19.8. The number of carbonyl (C=O) groups is 1. The SMILES string of the molecule is COC(=O)c1ccc(NC(C)c2cnccn2)c(C)c1. The van der Waals surface area contributed by atoms with E-state index in [1.807, 2.05) is 19.9 Å². The largest absolute Gasteiger partial charge is 0.465 e. The molecule has 1 aromatic carbocycles. The lowest BCUT2D eigenvalue weighted by Gasteiger charge is -2.16. The van der Waals surface area contributed by atoms with Crippen LogP contribution >= 0.6 is 0 Å². The molecule has 5 nitrogen and oxygen atoms in total. The van der Waals surface area contributed by atoms with Gasteiger partial charge in [-0.1, -0.05) is 0 Å². The molecule has 1 N–H and O–H groups in total. The van der Waals surface area contributed by atoms with Crippen LogP contribution in [0, 0.1) is 6.92 Å². The summed E-state index contributed by atoms with van der Waals surface area (Å²) in [7, 11) is 1.37. The molecule has 0 fully saturated rings. The van der Waals surface area contributed by atoms with Crippen LogP contribution in [0.1, 0.15) is 34.6 Å². The predicted octanol–water partition coefficient (Wildman–Crippen LogP) is 2.74. The van der Waals surface area contributed by atoms with Crippen molar-refractivity contribution >= 4 is 11.7 Å². The van der Waals surface area contributed by atoms with Crippen LogP contribution in [0.15, 0.2) is 36.8 Å². The molecule has 104 valence electrons. The van der Waals surface area contributed by atoms with Crippen LogP contribution in [0.4, 0.5) is 5.69 Å². The van der Waals surface area contributed by atoms with Gasteiger partial charge in [0.2, 0.25) is 0 Å². The number of carbonyl (C=O) groups excluding carboxylic acids is 1. The van der Waals surface area contributed by atoms with Crippen molar-refractivity contribution in [3.8, 4) is 0 Å². The number of aromatic nitrogens is 2. The molecule has 2 rings (SSSR count). The van der Waals surface area contributed by atoms with Gasteiger partial charge >= 0.3 is 5.97 Å². The average Bonchev–Trinajstić information content (AvgIpc) is 2.49. The molecule has 1 atom stereocenters. The van der Waals surface area contributed by atoms with Crippen LogP contribution < -0.4 is 5.32 Å². The Hall–Kier alpha value is -2.43. The quantitative estimate of drug-likeness (QED) is 0.866. The topological polar surface area (TPSA) is 64.1 Å². The monoisotopic (exact) mass is 271 g/mol. The standard InChI is InChI=1S/C15H17N3O2/c1-10-8-12(15(19)20-3)4-5-13(10)18-11(2)14-9-16-6-7-17-14/h4-9,11,18H,1-3H3. The Balaban J connectivity index is 2.16. The number of benzene rings is 1. The van der Waals surface area contributed by atoms with Crippen LogP contribution in [0.2, 0.25) is 0 Å². The van der Waals surface area contributed by atoms with Crippen molar-refractivity contribution in [3.05, 3.63) is 53.6 Å². The zero-order valence-corrected chi connectivity index (χ0v) is 11.8. The molecule has 0 spiro atoms. The van der Waals surface area contributed by atoms with Gasteiger partial charge in [-0.25, -0.2) is 4.79 Å². The minimum atomic E-state index is -0.332. The fourth-order valence-electron chi connectivity index (χ4n) is 1.91. The lowest BCUT2D eigenvalue weighted by Crippen LogP contribution is -2.10. The summed E-state index contributed by atoms with van der Waals surface area (Å²) in [5.74, 6) is -0.332. The highest BCUT2D eigenvalue weighted by Gasteiger charge is 2.11. The normalized spacial score (nSPS) is 11.8. The van der Waals surface area contributed by atoms with Gasteiger partial charge in [0, 0.05) is 18.1 Å². The lowest BCUT2D eigenvalue weighted by molar-refractivity contribution is 0.0600. The number of aryl methyl sites for hydroxylation is 1. The van der Waals surface area contributed by atoms with E-state index in [0.717, 1.165) is 16.9 Å². The third-order valence-corrected chi connectivity index (χ3v) is 3.05. The Morgan fingerprint density at radius 1 is 1.35 bits per heavy atom. The van der Waals surface area contributed by atoms with Gasteiger partial charge in [-0.3, -0.25) is 9.97 Å². The Morgan fingerprint density at radius 2 is 2.15 bits per heavy atom. The second-order valence-corrected chi connectivity index (χ2v) is 4.52. The van der Waals surface area contributed by atoms with E-state index in [1.165, 1.54) is 7.11 Å². The van der Waals surface area contributed by atoms with Crippen LogP contribution in [0.3, 0.4) is 0 Å². The van der Waals surface area contributed by atoms with Gasteiger partial charge in [-0.15, -0.1) is 0 Å². The van der Waals surface area contributed by atoms with Gasteiger partial charge in [0.25, 0.3) is 0 Å². The molecule has 1 aromatic heterocycles. The van der Waals surface area contributed by atoms with Crippen molar-refractivity contribution in [2.45, 2.75) is 19.9 Å². The molecule has 1 unspecified atom stereocenters. The van der Waals surface area contributed by atoms with E-state index < -0.39 is 0 Å². The van der Waals surface area contributed by atoms with Gasteiger partial charge in [0.05, 0.1) is 30.6 Å². The van der Waals surface area contributed by atoms with Crippen molar-refractivity contribution in [2.75, 3.05) is 12.4 Å². The van der Waals surface area contributed by atoms with Gasteiger partial charge in [0.15, 0.2) is 0 Å². The van der Waals surface area contributed by atoms with Crippen molar-refractivity contribution in [1.82, 2.24) is 9.97 Å². The van der Waals surface area contributed by atoms with Gasteiger partial charge < -0.3 is 10.1 Å². The minimum Gasteiger partial charge on any atom is -0.465 e. The molecule has 1 heterocycles. The fraction of sp³-hybridized carbons (Fsp3) is 0.267. The van der Waals surface area contributed by atoms with Gasteiger partial charge in [-0.2, -0.15) is 0 Å². The zero-order valence-electron chi connectivity index (χ0n) is 11.8. The van der Waals surface area contributed by atoms with E-state index in [9.17, 15) is 4.79 Å². The first-order valence-corrected chi connectivity index (χ1v) is 6.33. The van der Waals surface area contributed by atoms with E-state index in [-0.39, 0.29) is 12.0 Å². The molecule has 0 aliphatic heterocycles. The van der Waals surface area contributed by atoms with Gasteiger partial charge in [-0.05, 0) is 37.6 Å². The third-order valence-electron chi connectivity index (χ3n) is 3.05. The molecular formula is C15H17N3O2. The predicted molar refractivity (Wildman–Crippen MR) is 76.6 cm³/mol. The van der Waals surface area contributed by atoms with E-state index >= 15 is 0 Å². The number of ether oxygens (including phenoxy) is 1. The Bertz CT molecular complexity index is 599. The molecule has 0 aliphatic rings. The summed E-state index contributed by atoms with van der Waals surface area (Å²) in [6, 6.07) is 5.45. The summed E-state index contributed by atoms with van der Waals surface area (Å²) < 4.78 is 4.70. The maximum absolute atomic E-state index is 11.5. The van der Waals surface area contributed by atoms with E-state index in [1.54, 1.807) is 30.7 Å². The Labute approximate surface area is 118 Å². The van der Waals surface area contributed by atoms with Crippen LogP contribution in [0.5, 0.6) is 0 Å². The van der Waals surface area contributed by atoms with Crippen molar-refractivity contribution in [1.29, 1.82) is 0 Å². The number of esters is 1. The highest BCUT2D eigenvalue weighted by atomic mass is 16.5. The molecule has 0 radical (unpaired) electrons. The molecule has 0 amide bonds. The summed E-state index contributed by atoms with van der Waals surface area (Å²) in [5, 5.41) is 3.36. The fourth-order valence-corrected chi connectivity index (χ4v) is 1.91. The van der Waals surface area contributed by atoms with Crippen LogP contribution in [-0.4, -0.2) is 23.0 Å². The second-order valence-electron chi connectivity index (χ2n) is 4.52. The molecule has 5 heteroatoms.